The van der Waals surface area contributed by atoms with Gasteiger partial charge in [-0.3, -0.25) is 9.69 Å². The van der Waals surface area contributed by atoms with Crippen LogP contribution >= 0.6 is 24.8 Å². The van der Waals surface area contributed by atoms with Crippen LogP contribution in [0.5, 0.6) is 0 Å². The third-order valence-corrected chi connectivity index (χ3v) is 4.65. The van der Waals surface area contributed by atoms with Crippen LogP contribution in [0.1, 0.15) is 38.8 Å². The van der Waals surface area contributed by atoms with E-state index in [0.717, 1.165) is 38.2 Å². The third-order valence-electron chi connectivity index (χ3n) is 4.65. The van der Waals surface area contributed by atoms with Crippen molar-refractivity contribution in [3.63, 3.8) is 0 Å². The Labute approximate surface area is 158 Å². The van der Waals surface area contributed by atoms with Gasteiger partial charge in [0.2, 0.25) is 5.91 Å². The summed E-state index contributed by atoms with van der Waals surface area (Å²) in [5.74, 6) is 0.611. The van der Waals surface area contributed by atoms with E-state index in [1.807, 2.05) is 18.2 Å². The monoisotopic (exact) mass is 375 g/mol. The number of benzene rings is 1. The van der Waals surface area contributed by atoms with Gasteiger partial charge in [0.05, 0.1) is 0 Å². The Morgan fingerprint density at radius 2 is 1.88 bits per heavy atom. The molecule has 138 valence electrons. The van der Waals surface area contributed by atoms with Crippen LogP contribution in [0.15, 0.2) is 30.3 Å². The summed E-state index contributed by atoms with van der Waals surface area (Å²) in [6, 6.07) is 10.2. The first kappa shape index (κ1) is 23.2. The van der Waals surface area contributed by atoms with Gasteiger partial charge in [0.1, 0.15) is 6.04 Å². The molecule has 1 amide bonds. The Morgan fingerprint density at radius 3 is 2.42 bits per heavy atom. The molecule has 0 spiro atoms. The summed E-state index contributed by atoms with van der Waals surface area (Å²) in [5, 5.41) is 6.68. The molecule has 0 saturated carbocycles. The largest absolute Gasteiger partial charge is 0.351 e. The number of amides is 1. The van der Waals surface area contributed by atoms with Gasteiger partial charge in [-0.25, -0.2) is 0 Å². The van der Waals surface area contributed by atoms with E-state index in [1.165, 1.54) is 0 Å². The number of hydrogen-bond donors (Lipinski definition) is 2. The Morgan fingerprint density at radius 1 is 1.25 bits per heavy atom. The summed E-state index contributed by atoms with van der Waals surface area (Å²) < 4.78 is 0. The molecule has 1 aromatic rings. The van der Waals surface area contributed by atoms with E-state index in [-0.39, 0.29) is 42.8 Å². The lowest BCUT2D eigenvalue weighted by Crippen LogP contribution is -2.51. The molecular formula is C18H31Cl2N3O. The maximum absolute atomic E-state index is 12.9. The van der Waals surface area contributed by atoms with Crippen LogP contribution in [-0.4, -0.2) is 43.0 Å². The van der Waals surface area contributed by atoms with Gasteiger partial charge in [0.25, 0.3) is 0 Å². The Kier molecular flexibility index (Phi) is 11.3. The SMILES string of the molecule is CCN(CC)C(C(=O)NC1CCNCC1C)c1ccccc1.Cl.Cl. The van der Waals surface area contributed by atoms with Crippen LogP contribution < -0.4 is 10.6 Å². The number of hydrogen-bond acceptors (Lipinski definition) is 3. The van der Waals surface area contributed by atoms with E-state index in [9.17, 15) is 4.79 Å². The van der Waals surface area contributed by atoms with Crippen molar-refractivity contribution in [3.8, 4) is 0 Å². The fourth-order valence-corrected chi connectivity index (χ4v) is 3.24. The molecule has 1 fully saturated rings. The second-order valence-electron chi connectivity index (χ2n) is 6.12. The van der Waals surface area contributed by atoms with Gasteiger partial charge < -0.3 is 10.6 Å². The number of carbonyl (C=O) groups is 1. The van der Waals surface area contributed by atoms with Crippen molar-refractivity contribution in [3.05, 3.63) is 35.9 Å². The number of nitrogens with zero attached hydrogens (tertiary/aromatic N) is 1. The molecule has 4 nitrogen and oxygen atoms in total. The molecule has 3 unspecified atom stereocenters. The molecule has 24 heavy (non-hydrogen) atoms. The van der Waals surface area contributed by atoms with Crippen molar-refractivity contribution in [2.24, 2.45) is 5.92 Å². The number of likely N-dealkylation sites (N-methyl/N-ethyl adjacent to an activating group) is 1. The predicted octanol–water partition coefficient (Wildman–Crippen LogP) is 3.03. The third kappa shape index (κ3) is 5.92. The Balaban J connectivity index is 0.00000264. The van der Waals surface area contributed by atoms with Gasteiger partial charge in [-0.1, -0.05) is 51.1 Å². The van der Waals surface area contributed by atoms with Gasteiger partial charge >= 0.3 is 0 Å². The summed E-state index contributed by atoms with van der Waals surface area (Å²) in [7, 11) is 0. The van der Waals surface area contributed by atoms with Crippen molar-refractivity contribution in [2.45, 2.75) is 39.3 Å². The zero-order valence-corrected chi connectivity index (χ0v) is 16.5. The highest BCUT2D eigenvalue weighted by Crippen LogP contribution is 2.22. The van der Waals surface area contributed by atoms with E-state index in [0.29, 0.717) is 5.92 Å². The molecule has 0 radical (unpaired) electrons. The molecule has 0 aliphatic carbocycles. The maximum Gasteiger partial charge on any atom is 0.242 e. The summed E-state index contributed by atoms with van der Waals surface area (Å²) in [6.45, 7) is 10.1. The zero-order valence-electron chi connectivity index (χ0n) is 14.8. The normalized spacial score (nSPS) is 21.3. The molecule has 2 rings (SSSR count). The predicted molar refractivity (Wildman–Crippen MR) is 105 cm³/mol. The van der Waals surface area contributed by atoms with E-state index in [4.69, 9.17) is 0 Å². The minimum atomic E-state index is -0.196. The molecule has 0 aromatic heterocycles. The van der Waals surface area contributed by atoms with Gasteiger partial charge in [-0.2, -0.15) is 0 Å². The molecule has 6 heteroatoms. The number of nitrogens with one attached hydrogen (secondary N) is 2. The first-order valence-corrected chi connectivity index (χ1v) is 8.47. The number of halogens is 2. The lowest BCUT2D eigenvalue weighted by molar-refractivity contribution is -0.127. The second kappa shape index (κ2) is 11.7. The first-order valence-electron chi connectivity index (χ1n) is 8.47. The summed E-state index contributed by atoms with van der Waals surface area (Å²) in [4.78, 5) is 15.2. The van der Waals surface area contributed by atoms with E-state index < -0.39 is 0 Å². The van der Waals surface area contributed by atoms with Crippen molar-refractivity contribution >= 4 is 30.7 Å². The summed E-state index contributed by atoms with van der Waals surface area (Å²) in [6.07, 6.45) is 1.01. The molecule has 1 aliphatic rings. The van der Waals surface area contributed by atoms with Crippen LogP contribution in [-0.2, 0) is 4.79 Å². The first-order chi connectivity index (χ1) is 10.7. The fourth-order valence-electron chi connectivity index (χ4n) is 3.24. The van der Waals surface area contributed by atoms with Crippen LogP contribution in [0.25, 0.3) is 0 Å². The highest BCUT2D eigenvalue weighted by atomic mass is 35.5. The van der Waals surface area contributed by atoms with Crippen LogP contribution in [0.2, 0.25) is 0 Å². The molecule has 2 N–H and O–H groups in total. The Hall–Kier alpha value is -0.810. The summed E-state index contributed by atoms with van der Waals surface area (Å²) in [5.41, 5.74) is 1.07. The maximum atomic E-state index is 12.9. The zero-order chi connectivity index (χ0) is 15.9. The van der Waals surface area contributed by atoms with Crippen LogP contribution in [0.3, 0.4) is 0 Å². The summed E-state index contributed by atoms with van der Waals surface area (Å²) >= 11 is 0. The standard InChI is InChI=1S/C18H29N3O.2ClH/c1-4-21(5-2)17(15-9-7-6-8-10-15)18(22)20-16-11-12-19-13-14(16)3;;/h6-10,14,16-17,19H,4-5,11-13H2,1-3H3,(H,20,22);2*1H. The van der Waals surface area contributed by atoms with Gasteiger partial charge in [-0.05, 0) is 44.1 Å². The highest BCUT2D eigenvalue weighted by molar-refractivity contribution is 5.85. The van der Waals surface area contributed by atoms with E-state index >= 15 is 0 Å². The molecular weight excluding hydrogens is 345 g/mol. The Bertz CT molecular complexity index is 469. The average Bonchev–Trinajstić information content (AvgIpc) is 2.55. The smallest absolute Gasteiger partial charge is 0.242 e. The topological polar surface area (TPSA) is 44.4 Å². The van der Waals surface area contributed by atoms with Crippen molar-refractivity contribution in [1.82, 2.24) is 15.5 Å². The van der Waals surface area contributed by atoms with Crippen LogP contribution in [0.4, 0.5) is 0 Å². The number of carbonyl (C=O) groups excluding carboxylic acids is 1. The second-order valence-corrected chi connectivity index (χ2v) is 6.12. The van der Waals surface area contributed by atoms with Crippen LogP contribution in [0, 0.1) is 5.92 Å². The molecule has 1 saturated heterocycles. The lowest BCUT2D eigenvalue weighted by atomic mass is 9.94. The van der Waals surface area contributed by atoms with Gasteiger partial charge in [-0.15, -0.1) is 24.8 Å². The quantitative estimate of drug-likeness (QED) is 0.802. The minimum Gasteiger partial charge on any atom is -0.351 e. The van der Waals surface area contributed by atoms with E-state index in [1.54, 1.807) is 0 Å². The van der Waals surface area contributed by atoms with Crippen molar-refractivity contribution in [2.75, 3.05) is 26.2 Å². The minimum absolute atomic E-state index is 0. The molecule has 3 atom stereocenters. The van der Waals surface area contributed by atoms with Gasteiger partial charge in [0, 0.05) is 6.04 Å². The van der Waals surface area contributed by atoms with Crippen molar-refractivity contribution in [1.29, 1.82) is 0 Å². The lowest BCUT2D eigenvalue weighted by Gasteiger charge is -2.34. The molecule has 0 bridgehead atoms. The molecule has 1 aromatic carbocycles. The fraction of sp³-hybridized carbons (Fsp3) is 0.611. The highest BCUT2D eigenvalue weighted by Gasteiger charge is 2.29. The van der Waals surface area contributed by atoms with Gasteiger partial charge in [0.15, 0.2) is 0 Å². The molecule has 1 aliphatic heterocycles. The number of piperidine rings is 1. The average molecular weight is 376 g/mol. The number of rotatable bonds is 6. The van der Waals surface area contributed by atoms with Crippen molar-refractivity contribution < 1.29 is 4.79 Å². The van der Waals surface area contributed by atoms with E-state index in [2.05, 4.69) is 48.4 Å². The molecule has 1 heterocycles.